The van der Waals surface area contributed by atoms with Crippen molar-refractivity contribution in [3.63, 3.8) is 0 Å². The molecule has 2 N–H and O–H groups in total. The van der Waals surface area contributed by atoms with Crippen molar-refractivity contribution in [2.24, 2.45) is 5.92 Å². The van der Waals surface area contributed by atoms with Crippen LogP contribution in [0.3, 0.4) is 0 Å². The van der Waals surface area contributed by atoms with Crippen LogP contribution in [0.15, 0.2) is 24.3 Å². The van der Waals surface area contributed by atoms with Crippen LogP contribution < -0.4 is 10.1 Å². The van der Waals surface area contributed by atoms with Crippen LogP contribution in [-0.4, -0.2) is 25.4 Å². The monoisotopic (exact) mass is 207 g/mol. The quantitative estimate of drug-likeness (QED) is 0.786. The smallest absolute Gasteiger partial charge is 0.119 e. The molecule has 0 spiro atoms. The van der Waals surface area contributed by atoms with E-state index in [2.05, 4.69) is 17.4 Å². The Morgan fingerprint density at radius 1 is 1.53 bits per heavy atom. The van der Waals surface area contributed by atoms with Crippen LogP contribution >= 0.6 is 0 Å². The summed E-state index contributed by atoms with van der Waals surface area (Å²) in [5.41, 5.74) is 1.24. The summed E-state index contributed by atoms with van der Waals surface area (Å²) in [6.45, 7) is 1.17. The lowest BCUT2D eigenvalue weighted by atomic mass is 10.0. The molecule has 3 heteroatoms. The predicted molar refractivity (Wildman–Crippen MR) is 58.9 cm³/mol. The first-order valence-corrected chi connectivity index (χ1v) is 5.31. The summed E-state index contributed by atoms with van der Waals surface area (Å²) >= 11 is 0. The molecule has 0 radical (unpaired) electrons. The topological polar surface area (TPSA) is 41.5 Å². The maximum atomic E-state index is 9.07. The lowest BCUT2D eigenvalue weighted by Gasteiger charge is -2.11. The number of benzene rings is 1. The molecule has 0 saturated carbocycles. The van der Waals surface area contributed by atoms with E-state index in [-0.39, 0.29) is 6.61 Å². The van der Waals surface area contributed by atoms with E-state index < -0.39 is 0 Å². The Kier molecular flexibility index (Phi) is 3.23. The molecule has 0 bridgehead atoms. The highest BCUT2D eigenvalue weighted by molar-refractivity contribution is 5.31. The fraction of sp³-hybridized carbons (Fsp3) is 0.500. The molecule has 1 fully saturated rings. The van der Waals surface area contributed by atoms with Crippen molar-refractivity contribution in [2.75, 3.05) is 20.3 Å². The second kappa shape index (κ2) is 4.64. The molecule has 1 aliphatic rings. The van der Waals surface area contributed by atoms with Gasteiger partial charge in [0, 0.05) is 19.2 Å². The van der Waals surface area contributed by atoms with Crippen LogP contribution in [0.25, 0.3) is 0 Å². The van der Waals surface area contributed by atoms with E-state index in [9.17, 15) is 0 Å². The van der Waals surface area contributed by atoms with Gasteiger partial charge < -0.3 is 15.2 Å². The van der Waals surface area contributed by atoms with E-state index in [4.69, 9.17) is 9.84 Å². The van der Waals surface area contributed by atoms with Crippen molar-refractivity contribution >= 4 is 0 Å². The van der Waals surface area contributed by atoms with E-state index >= 15 is 0 Å². The van der Waals surface area contributed by atoms with Gasteiger partial charge in [-0.3, -0.25) is 0 Å². The zero-order valence-electron chi connectivity index (χ0n) is 8.94. The van der Waals surface area contributed by atoms with E-state index in [0.29, 0.717) is 12.0 Å². The van der Waals surface area contributed by atoms with Gasteiger partial charge in [0.2, 0.25) is 0 Å². The summed E-state index contributed by atoms with van der Waals surface area (Å²) in [6, 6.07) is 8.46. The van der Waals surface area contributed by atoms with Gasteiger partial charge in [-0.25, -0.2) is 0 Å². The third-order valence-corrected chi connectivity index (χ3v) is 2.98. The number of rotatable bonds is 3. The third-order valence-electron chi connectivity index (χ3n) is 2.98. The van der Waals surface area contributed by atoms with Gasteiger partial charge in [0.1, 0.15) is 5.75 Å². The van der Waals surface area contributed by atoms with Gasteiger partial charge in [0.05, 0.1) is 7.11 Å². The largest absolute Gasteiger partial charge is 0.497 e. The van der Waals surface area contributed by atoms with Crippen LogP contribution in [0.2, 0.25) is 0 Å². The molecule has 2 rings (SSSR count). The van der Waals surface area contributed by atoms with E-state index in [1.165, 1.54) is 5.56 Å². The van der Waals surface area contributed by atoms with Crippen molar-refractivity contribution < 1.29 is 9.84 Å². The maximum absolute atomic E-state index is 9.07. The molecule has 1 aromatic carbocycles. The van der Waals surface area contributed by atoms with E-state index in [1.807, 2.05) is 12.1 Å². The third kappa shape index (κ3) is 2.30. The summed E-state index contributed by atoms with van der Waals surface area (Å²) in [6.07, 6.45) is 1.00. The van der Waals surface area contributed by atoms with Crippen molar-refractivity contribution in [3.05, 3.63) is 29.8 Å². The molecule has 1 heterocycles. The number of ether oxygens (including phenoxy) is 1. The summed E-state index contributed by atoms with van der Waals surface area (Å²) < 4.78 is 5.19. The Bertz CT molecular complexity index is 327. The molecule has 3 nitrogen and oxygen atoms in total. The Balaban J connectivity index is 2.09. The maximum Gasteiger partial charge on any atom is 0.119 e. The Morgan fingerprint density at radius 3 is 3.07 bits per heavy atom. The molecular weight excluding hydrogens is 190 g/mol. The molecule has 0 aromatic heterocycles. The van der Waals surface area contributed by atoms with E-state index in [1.54, 1.807) is 7.11 Å². The average molecular weight is 207 g/mol. The zero-order valence-corrected chi connectivity index (χ0v) is 8.94. The van der Waals surface area contributed by atoms with Crippen molar-refractivity contribution in [1.29, 1.82) is 0 Å². The molecule has 1 aromatic rings. The van der Waals surface area contributed by atoms with Crippen molar-refractivity contribution in [3.8, 4) is 5.75 Å². The minimum absolute atomic E-state index is 0.271. The summed E-state index contributed by atoms with van der Waals surface area (Å²) in [5, 5.41) is 12.5. The average Bonchev–Trinajstić information content (AvgIpc) is 2.78. The number of hydrogen-bond acceptors (Lipinski definition) is 3. The first-order valence-electron chi connectivity index (χ1n) is 5.31. The predicted octanol–water partition coefficient (Wildman–Crippen LogP) is 1.34. The lowest BCUT2D eigenvalue weighted by Crippen LogP contribution is -2.14. The minimum Gasteiger partial charge on any atom is -0.497 e. The Morgan fingerprint density at radius 2 is 2.40 bits per heavy atom. The molecule has 15 heavy (non-hydrogen) atoms. The van der Waals surface area contributed by atoms with E-state index in [0.717, 1.165) is 18.7 Å². The number of hydrogen-bond donors (Lipinski definition) is 2. The number of methoxy groups -OCH3 is 1. The van der Waals surface area contributed by atoms with Gasteiger partial charge in [-0.1, -0.05) is 12.1 Å². The number of aliphatic hydroxyl groups excluding tert-OH is 1. The fourth-order valence-electron chi connectivity index (χ4n) is 2.06. The molecule has 1 saturated heterocycles. The zero-order chi connectivity index (χ0) is 10.7. The fourth-order valence-corrected chi connectivity index (χ4v) is 2.06. The van der Waals surface area contributed by atoms with Gasteiger partial charge >= 0.3 is 0 Å². The molecule has 2 unspecified atom stereocenters. The molecule has 1 aliphatic heterocycles. The Hall–Kier alpha value is -1.06. The van der Waals surface area contributed by atoms with Crippen LogP contribution in [0, 0.1) is 5.92 Å². The van der Waals surface area contributed by atoms with Gasteiger partial charge in [-0.2, -0.15) is 0 Å². The highest BCUT2D eigenvalue weighted by Crippen LogP contribution is 2.28. The highest BCUT2D eigenvalue weighted by atomic mass is 16.5. The normalized spacial score (nSPS) is 25.5. The summed E-state index contributed by atoms with van der Waals surface area (Å²) in [4.78, 5) is 0. The second-order valence-corrected chi connectivity index (χ2v) is 4.02. The SMILES string of the molecule is COc1cccc(C2CC(CO)CN2)c1. The molecule has 0 amide bonds. The first kappa shape index (κ1) is 10.5. The summed E-state index contributed by atoms with van der Waals surface area (Å²) in [5.74, 6) is 1.28. The van der Waals surface area contributed by atoms with Crippen LogP contribution in [-0.2, 0) is 0 Å². The highest BCUT2D eigenvalue weighted by Gasteiger charge is 2.24. The molecular formula is C12H17NO2. The molecule has 2 atom stereocenters. The van der Waals surface area contributed by atoms with Crippen LogP contribution in [0.1, 0.15) is 18.0 Å². The van der Waals surface area contributed by atoms with Gasteiger partial charge in [-0.05, 0) is 30.0 Å². The summed E-state index contributed by atoms with van der Waals surface area (Å²) in [7, 11) is 1.68. The standard InChI is InChI=1S/C12H17NO2/c1-15-11-4-2-3-10(6-11)12-5-9(8-14)7-13-12/h2-4,6,9,12-14H,5,7-8H2,1H3. The van der Waals surface area contributed by atoms with Crippen LogP contribution in [0.5, 0.6) is 5.75 Å². The minimum atomic E-state index is 0.271. The molecule has 82 valence electrons. The van der Waals surface area contributed by atoms with Crippen molar-refractivity contribution in [1.82, 2.24) is 5.32 Å². The van der Waals surface area contributed by atoms with Crippen LogP contribution in [0.4, 0.5) is 0 Å². The molecule has 0 aliphatic carbocycles. The first-order chi connectivity index (χ1) is 7.33. The van der Waals surface area contributed by atoms with Gasteiger partial charge in [0.25, 0.3) is 0 Å². The van der Waals surface area contributed by atoms with Gasteiger partial charge in [0.15, 0.2) is 0 Å². The van der Waals surface area contributed by atoms with Gasteiger partial charge in [-0.15, -0.1) is 0 Å². The Labute approximate surface area is 90.1 Å². The number of nitrogens with one attached hydrogen (secondary N) is 1. The van der Waals surface area contributed by atoms with Crippen molar-refractivity contribution in [2.45, 2.75) is 12.5 Å². The lowest BCUT2D eigenvalue weighted by molar-refractivity contribution is 0.236. The second-order valence-electron chi connectivity index (χ2n) is 4.02. The number of aliphatic hydroxyl groups is 1.